The van der Waals surface area contributed by atoms with E-state index >= 15 is 0 Å². The van der Waals surface area contributed by atoms with Crippen molar-refractivity contribution in [2.75, 3.05) is 25.0 Å². The van der Waals surface area contributed by atoms with E-state index in [0.29, 0.717) is 39.1 Å². The number of aromatic nitrogens is 2. The Bertz CT molecular complexity index is 754. The van der Waals surface area contributed by atoms with Gasteiger partial charge in [-0.15, -0.1) is 0 Å². The number of urea groups is 1. The lowest BCUT2D eigenvalue weighted by molar-refractivity contribution is 0.0959. The molecule has 8 nitrogen and oxygen atoms in total. The minimum atomic E-state index is -0.283. The fourth-order valence-corrected chi connectivity index (χ4v) is 3.10. The Morgan fingerprint density at radius 3 is 2.78 bits per heavy atom. The van der Waals surface area contributed by atoms with E-state index in [2.05, 4.69) is 15.7 Å². The molecule has 1 aromatic heterocycles. The van der Waals surface area contributed by atoms with Crippen LogP contribution >= 0.6 is 0 Å². The van der Waals surface area contributed by atoms with Crippen molar-refractivity contribution in [1.29, 1.82) is 0 Å². The van der Waals surface area contributed by atoms with E-state index in [0.717, 1.165) is 11.3 Å². The number of hydrogen-bond donors (Lipinski definition) is 2. The molecule has 3 amide bonds. The van der Waals surface area contributed by atoms with Gasteiger partial charge in [-0.2, -0.15) is 5.10 Å². The van der Waals surface area contributed by atoms with Gasteiger partial charge in [-0.3, -0.25) is 4.68 Å². The highest BCUT2D eigenvalue weighted by molar-refractivity contribution is 5.89. The van der Waals surface area contributed by atoms with E-state index in [1.165, 1.54) is 0 Å². The van der Waals surface area contributed by atoms with Crippen LogP contribution in [0.5, 0.6) is 0 Å². The molecule has 0 aliphatic carbocycles. The van der Waals surface area contributed by atoms with Crippen molar-refractivity contribution in [2.45, 2.75) is 32.4 Å². The van der Waals surface area contributed by atoms with Crippen molar-refractivity contribution in [3.05, 3.63) is 48.3 Å². The van der Waals surface area contributed by atoms with Gasteiger partial charge in [-0.05, 0) is 43.5 Å². The van der Waals surface area contributed by atoms with Crippen molar-refractivity contribution < 1.29 is 14.3 Å². The quantitative estimate of drug-likeness (QED) is 0.846. The van der Waals surface area contributed by atoms with Gasteiger partial charge in [0.2, 0.25) is 0 Å². The van der Waals surface area contributed by atoms with Crippen LogP contribution in [0.4, 0.5) is 15.3 Å². The van der Waals surface area contributed by atoms with Crippen LogP contribution in [0.25, 0.3) is 0 Å². The first kappa shape index (κ1) is 18.8. The molecule has 27 heavy (non-hydrogen) atoms. The lowest BCUT2D eigenvalue weighted by atomic mass is 10.1. The zero-order valence-corrected chi connectivity index (χ0v) is 15.4. The molecule has 0 saturated carbocycles. The van der Waals surface area contributed by atoms with Crippen LogP contribution in [-0.2, 0) is 11.3 Å². The van der Waals surface area contributed by atoms with Crippen molar-refractivity contribution in [1.82, 2.24) is 20.0 Å². The first-order valence-electron chi connectivity index (χ1n) is 9.19. The first-order valence-corrected chi connectivity index (χ1v) is 9.19. The monoisotopic (exact) mass is 371 g/mol. The van der Waals surface area contributed by atoms with Gasteiger partial charge in [0.1, 0.15) is 0 Å². The van der Waals surface area contributed by atoms with Gasteiger partial charge in [0, 0.05) is 37.2 Å². The SMILES string of the molecule is CCOC(=O)N1CCC(NC(=O)Nc2cccc(Cn3cccn3)c2)CC1. The summed E-state index contributed by atoms with van der Waals surface area (Å²) >= 11 is 0. The second-order valence-electron chi connectivity index (χ2n) is 6.46. The average molecular weight is 371 g/mol. The molecule has 1 aromatic carbocycles. The highest BCUT2D eigenvalue weighted by atomic mass is 16.6. The summed E-state index contributed by atoms with van der Waals surface area (Å²) in [7, 11) is 0. The summed E-state index contributed by atoms with van der Waals surface area (Å²) in [5.41, 5.74) is 1.79. The highest BCUT2D eigenvalue weighted by Gasteiger charge is 2.24. The van der Waals surface area contributed by atoms with Crippen molar-refractivity contribution in [3.63, 3.8) is 0 Å². The molecule has 1 saturated heterocycles. The molecule has 8 heteroatoms. The van der Waals surface area contributed by atoms with Gasteiger partial charge >= 0.3 is 12.1 Å². The number of ether oxygens (including phenoxy) is 1. The maximum Gasteiger partial charge on any atom is 0.409 e. The molecule has 0 radical (unpaired) electrons. The topological polar surface area (TPSA) is 88.5 Å². The molecular weight excluding hydrogens is 346 g/mol. The number of benzene rings is 1. The number of amides is 3. The Morgan fingerprint density at radius 2 is 2.07 bits per heavy atom. The summed E-state index contributed by atoms with van der Waals surface area (Å²) in [6.07, 6.45) is 4.78. The minimum Gasteiger partial charge on any atom is -0.450 e. The number of nitrogens with one attached hydrogen (secondary N) is 2. The lowest BCUT2D eigenvalue weighted by Crippen LogP contribution is -2.47. The van der Waals surface area contributed by atoms with Gasteiger partial charge in [0.05, 0.1) is 13.2 Å². The number of likely N-dealkylation sites (tertiary alicyclic amines) is 1. The molecule has 2 N–H and O–H groups in total. The number of rotatable bonds is 5. The number of nitrogens with zero attached hydrogens (tertiary/aromatic N) is 3. The zero-order valence-electron chi connectivity index (χ0n) is 15.4. The molecule has 0 bridgehead atoms. The maximum atomic E-state index is 12.3. The van der Waals surface area contributed by atoms with E-state index in [1.807, 2.05) is 41.2 Å². The lowest BCUT2D eigenvalue weighted by Gasteiger charge is -2.31. The Kier molecular flexibility index (Phi) is 6.30. The molecule has 1 aliphatic rings. The van der Waals surface area contributed by atoms with Gasteiger partial charge in [0.25, 0.3) is 0 Å². The van der Waals surface area contributed by atoms with E-state index in [9.17, 15) is 9.59 Å². The van der Waals surface area contributed by atoms with E-state index in [-0.39, 0.29) is 18.2 Å². The fraction of sp³-hybridized carbons (Fsp3) is 0.421. The van der Waals surface area contributed by atoms with Crippen molar-refractivity contribution in [3.8, 4) is 0 Å². The Hall–Kier alpha value is -3.03. The summed E-state index contributed by atoms with van der Waals surface area (Å²) in [6, 6.07) is 9.38. The molecule has 2 heterocycles. The smallest absolute Gasteiger partial charge is 0.409 e. The Labute approximate surface area is 158 Å². The predicted octanol–water partition coefficient (Wildman–Crippen LogP) is 2.67. The molecule has 0 unspecified atom stereocenters. The summed E-state index contributed by atoms with van der Waals surface area (Å²) in [6.45, 7) is 3.99. The highest BCUT2D eigenvalue weighted by Crippen LogP contribution is 2.14. The third-order valence-corrected chi connectivity index (χ3v) is 4.44. The Morgan fingerprint density at radius 1 is 1.26 bits per heavy atom. The summed E-state index contributed by atoms with van der Waals surface area (Å²) < 4.78 is 6.84. The number of hydrogen-bond acceptors (Lipinski definition) is 4. The second kappa shape index (κ2) is 9.07. The van der Waals surface area contributed by atoms with Crippen LogP contribution in [0.3, 0.4) is 0 Å². The molecule has 144 valence electrons. The van der Waals surface area contributed by atoms with Crippen LogP contribution in [0.2, 0.25) is 0 Å². The third-order valence-electron chi connectivity index (χ3n) is 4.44. The summed E-state index contributed by atoms with van der Waals surface area (Å²) in [5.74, 6) is 0. The number of piperidine rings is 1. The van der Waals surface area contributed by atoms with Gasteiger partial charge in [-0.1, -0.05) is 12.1 Å². The molecule has 3 rings (SSSR count). The predicted molar refractivity (Wildman–Crippen MR) is 102 cm³/mol. The van der Waals surface area contributed by atoms with Gasteiger partial charge in [-0.25, -0.2) is 9.59 Å². The zero-order chi connectivity index (χ0) is 19.1. The van der Waals surface area contributed by atoms with Crippen molar-refractivity contribution in [2.24, 2.45) is 0 Å². The largest absolute Gasteiger partial charge is 0.450 e. The van der Waals surface area contributed by atoms with Gasteiger partial charge in [0.15, 0.2) is 0 Å². The Balaban J connectivity index is 1.46. The molecule has 0 atom stereocenters. The average Bonchev–Trinajstić information content (AvgIpc) is 3.16. The summed E-state index contributed by atoms with van der Waals surface area (Å²) in [4.78, 5) is 25.7. The van der Waals surface area contributed by atoms with Gasteiger partial charge < -0.3 is 20.3 Å². The minimum absolute atomic E-state index is 0.0444. The van der Waals surface area contributed by atoms with E-state index < -0.39 is 0 Å². The first-order chi connectivity index (χ1) is 13.1. The third kappa shape index (κ3) is 5.47. The number of anilines is 1. The van der Waals surface area contributed by atoms with Crippen LogP contribution in [0.1, 0.15) is 25.3 Å². The number of carbonyl (C=O) groups is 2. The van der Waals surface area contributed by atoms with Crippen LogP contribution in [0, 0.1) is 0 Å². The van der Waals surface area contributed by atoms with E-state index in [1.54, 1.807) is 18.0 Å². The molecule has 0 spiro atoms. The number of carbonyl (C=O) groups excluding carboxylic acids is 2. The summed E-state index contributed by atoms with van der Waals surface area (Å²) in [5, 5.41) is 10.0. The van der Waals surface area contributed by atoms with Crippen LogP contribution < -0.4 is 10.6 Å². The normalized spacial score (nSPS) is 14.6. The van der Waals surface area contributed by atoms with E-state index in [4.69, 9.17) is 4.74 Å². The molecule has 1 aliphatic heterocycles. The standard InChI is InChI=1S/C19H25N5O3/c1-2-27-19(26)23-11-7-16(8-12-23)21-18(25)22-17-6-3-5-15(13-17)14-24-10-4-9-20-24/h3-6,9-10,13,16H,2,7-8,11-12,14H2,1H3,(H2,21,22,25). The van der Waals surface area contributed by atoms with Crippen molar-refractivity contribution >= 4 is 17.8 Å². The van der Waals surface area contributed by atoms with Crippen LogP contribution in [-0.4, -0.2) is 52.5 Å². The molecule has 2 aromatic rings. The maximum absolute atomic E-state index is 12.3. The molecular formula is C19H25N5O3. The fourth-order valence-electron chi connectivity index (χ4n) is 3.10. The molecule has 1 fully saturated rings. The van der Waals surface area contributed by atoms with Crippen LogP contribution in [0.15, 0.2) is 42.7 Å². The second-order valence-corrected chi connectivity index (χ2v) is 6.46.